The van der Waals surface area contributed by atoms with Gasteiger partial charge in [0.2, 0.25) is 0 Å². The lowest BCUT2D eigenvalue weighted by molar-refractivity contribution is 0.0643. The fourth-order valence-corrected chi connectivity index (χ4v) is 3.00. The maximum atomic E-state index is 13.0. The first-order chi connectivity index (χ1) is 11.8. The van der Waals surface area contributed by atoms with Gasteiger partial charge in [0.25, 0.3) is 5.91 Å². The Hall–Kier alpha value is -2.14. The minimum atomic E-state index is -0.434. The highest BCUT2D eigenvalue weighted by atomic mass is 16.3. The molecule has 1 aromatic carbocycles. The average Bonchev–Trinajstić information content (AvgIpc) is 3.32. The van der Waals surface area contributed by atoms with Crippen LogP contribution < -0.4 is 0 Å². The molecule has 1 saturated carbocycles. The zero-order chi connectivity index (χ0) is 18.2. The highest BCUT2D eigenvalue weighted by Crippen LogP contribution is 2.33. The summed E-state index contributed by atoms with van der Waals surface area (Å²) in [6, 6.07) is 9.79. The Morgan fingerprint density at radius 3 is 2.52 bits per heavy atom. The molecule has 1 aliphatic carbocycles. The number of likely N-dealkylation sites (N-methyl/N-ethyl adjacent to an activating group) is 1. The Bertz CT molecular complexity index is 742. The first kappa shape index (κ1) is 17.7. The molecule has 2 aromatic rings. The van der Waals surface area contributed by atoms with Crippen LogP contribution in [0.25, 0.3) is 5.69 Å². The molecule has 0 spiro atoms. The predicted octanol–water partition coefficient (Wildman–Crippen LogP) is 3.01. The van der Waals surface area contributed by atoms with Gasteiger partial charge in [-0.05, 0) is 30.9 Å². The Morgan fingerprint density at radius 2 is 1.96 bits per heavy atom. The molecule has 25 heavy (non-hydrogen) atoms. The van der Waals surface area contributed by atoms with Crippen LogP contribution in [0.2, 0.25) is 0 Å². The van der Waals surface area contributed by atoms with Gasteiger partial charge < -0.3 is 10.0 Å². The Balaban J connectivity index is 1.90. The number of rotatable bonds is 5. The number of carbonyl (C=O) groups excluding carboxylic acids is 1. The van der Waals surface area contributed by atoms with Crippen molar-refractivity contribution >= 4 is 5.91 Å². The van der Waals surface area contributed by atoms with E-state index in [1.165, 1.54) is 0 Å². The summed E-state index contributed by atoms with van der Waals surface area (Å²) in [5.41, 5.74) is 2.05. The number of hydrogen-bond donors (Lipinski definition) is 1. The van der Waals surface area contributed by atoms with E-state index in [4.69, 9.17) is 0 Å². The zero-order valence-electron chi connectivity index (χ0n) is 15.4. The number of aromatic nitrogens is 2. The van der Waals surface area contributed by atoms with E-state index in [1.54, 1.807) is 22.8 Å². The molecule has 1 fully saturated rings. The molecule has 3 rings (SSSR count). The van der Waals surface area contributed by atoms with E-state index in [0.717, 1.165) is 24.2 Å². The van der Waals surface area contributed by atoms with Gasteiger partial charge in [-0.3, -0.25) is 4.79 Å². The monoisotopic (exact) mass is 341 g/mol. The number of amides is 1. The Morgan fingerprint density at radius 1 is 1.32 bits per heavy atom. The van der Waals surface area contributed by atoms with Crippen molar-refractivity contribution in [2.45, 2.75) is 45.1 Å². The fraction of sp³-hybridized carbons (Fsp3) is 0.500. The van der Waals surface area contributed by atoms with Crippen molar-refractivity contribution in [2.75, 3.05) is 13.6 Å². The van der Waals surface area contributed by atoms with Crippen molar-refractivity contribution in [2.24, 2.45) is 5.92 Å². The smallest absolute Gasteiger partial charge is 0.257 e. The summed E-state index contributed by atoms with van der Waals surface area (Å²) in [4.78, 5) is 14.6. The topological polar surface area (TPSA) is 58.4 Å². The fourth-order valence-electron chi connectivity index (χ4n) is 3.00. The second kappa shape index (κ2) is 6.64. The highest BCUT2D eigenvalue weighted by Gasteiger charge is 2.33. The van der Waals surface area contributed by atoms with E-state index in [0.29, 0.717) is 18.0 Å². The third kappa shape index (κ3) is 3.93. The van der Waals surface area contributed by atoms with E-state index >= 15 is 0 Å². The zero-order valence-corrected chi connectivity index (χ0v) is 15.4. The molecule has 0 bridgehead atoms. The minimum absolute atomic E-state index is 0.0909. The molecule has 0 aliphatic heterocycles. The van der Waals surface area contributed by atoms with Gasteiger partial charge in [0.15, 0.2) is 0 Å². The molecule has 1 aromatic heterocycles. The molecule has 1 heterocycles. The standard InChI is InChI=1S/C20H27N3O2/c1-20(2,3)18-16(12-23(21-18)15-8-6-5-7-9-15)19(25)22(4)13-17(24)14-10-11-14/h5-9,12,14,17,24H,10-11,13H2,1-4H3. The number of benzene rings is 1. The van der Waals surface area contributed by atoms with Gasteiger partial charge in [-0.1, -0.05) is 39.0 Å². The number of para-hydroxylation sites is 1. The molecular formula is C20H27N3O2. The minimum Gasteiger partial charge on any atom is -0.391 e. The van der Waals surface area contributed by atoms with Gasteiger partial charge in [-0.25, -0.2) is 4.68 Å². The van der Waals surface area contributed by atoms with E-state index in [9.17, 15) is 9.90 Å². The van der Waals surface area contributed by atoms with Crippen LogP contribution in [0, 0.1) is 5.92 Å². The lowest BCUT2D eigenvalue weighted by atomic mass is 9.89. The molecule has 134 valence electrons. The van der Waals surface area contributed by atoms with Gasteiger partial charge in [0.05, 0.1) is 23.0 Å². The maximum Gasteiger partial charge on any atom is 0.257 e. The third-order valence-electron chi connectivity index (χ3n) is 4.65. The molecule has 5 nitrogen and oxygen atoms in total. The number of carbonyl (C=O) groups is 1. The van der Waals surface area contributed by atoms with Crippen LogP contribution in [-0.4, -0.2) is 45.4 Å². The summed E-state index contributed by atoms with van der Waals surface area (Å²) >= 11 is 0. The summed E-state index contributed by atoms with van der Waals surface area (Å²) in [6.45, 7) is 6.53. The van der Waals surface area contributed by atoms with Crippen LogP contribution in [0.15, 0.2) is 36.5 Å². The van der Waals surface area contributed by atoms with Gasteiger partial charge in [0, 0.05) is 25.2 Å². The lowest BCUT2D eigenvalue weighted by Gasteiger charge is -2.23. The quantitative estimate of drug-likeness (QED) is 0.909. The molecule has 1 amide bonds. The van der Waals surface area contributed by atoms with Crippen LogP contribution >= 0.6 is 0 Å². The summed E-state index contributed by atoms with van der Waals surface area (Å²) in [5.74, 6) is 0.260. The van der Waals surface area contributed by atoms with Crippen molar-refractivity contribution in [1.82, 2.24) is 14.7 Å². The van der Waals surface area contributed by atoms with Crippen LogP contribution in [0.4, 0.5) is 0 Å². The summed E-state index contributed by atoms with van der Waals surface area (Å²) in [5, 5.41) is 14.8. The number of nitrogens with zero attached hydrogens (tertiary/aromatic N) is 3. The van der Waals surface area contributed by atoms with E-state index < -0.39 is 6.10 Å². The molecule has 5 heteroatoms. The number of aliphatic hydroxyl groups is 1. The van der Waals surface area contributed by atoms with Gasteiger partial charge in [0.1, 0.15) is 0 Å². The van der Waals surface area contributed by atoms with Crippen LogP contribution in [0.5, 0.6) is 0 Å². The van der Waals surface area contributed by atoms with E-state index in [2.05, 4.69) is 25.9 Å². The van der Waals surface area contributed by atoms with E-state index in [-0.39, 0.29) is 11.3 Å². The van der Waals surface area contributed by atoms with Gasteiger partial charge in [-0.2, -0.15) is 5.10 Å². The molecule has 1 aliphatic rings. The second-order valence-electron chi connectivity index (χ2n) is 8.01. The van der Waals surface area contributed by atoms with Crippen molar-refractivity contribution in [3.63, 3.8) is 0 Å². The summed E-state index contributed by atoms with van der Waals surface area (Å²) in [7, 11) is 1.75. The second-order valence-corrected chi connectivity index (χ2v) is 8.01. The van der Waals surface area contributed by atoms with E-state index in [1.807, 2.05) is 30.3 Å². The first-order valence-corrected chi connectivity index (χ1v) is 8.86. The van der Waals surface area contributed by atoms with Crippen molar-refractivity contribution in [3.05, 3.63) is 47.8 Å². The van der Waals surface area contributed by atoms with Crippen molar-refractivity contribution in [3.8, 4) is 5.69 Å². The molecule has 1 N–H and O–H groups in total. The maximum absolute atomic E-state index is 13.0. The number of hydrogen-bond acceptors (Lipinski definition) is 3. The van der Waals surface area contributed by atoms with Crippen molar-refractivity contribution < 1.29 is 9.90 Å². The normalized spacial score (nSPS) is 15.9. The van der Waals surface area contributed by atoms with Crippen LogP contribution in [0.3, 0.4) is 0 Å². The summed E-state index contributed by atoms with van der Waals surface area (Å²) < 4.78 is 1.76. The van der Waals surface area contributed by atoms with Gasteiger partial charge in [-0.15, -0.1) is 0 Å². The van der Waals surface area contributed by atoms with Crippen molar-refractivity contribution in [1.29, 1.82) is 0 Å². The predicted molar refractivity (Wildman–Crippen MR) is 98.0 cm³/mol. The van der Waals surface area contributed by atoms with Gasteiger partial charge >= 0.3 is 0 Å². The molecule has 0 radical (unpaired) electrons. The molecule has 1 unspecified atom stereocenters. The average molecular weight is 341 g/mol. The third-order valence-corrected chi connectivity index (χ3v) is 4.65. The Labute approximate surface area is 149 Å². The molecule has 1 atom stereocenters. The van der Waals surface area contributed by atoms with Crippen LogP contribution in [-0.2, 0) is 5.41 Å². The lowest BCUT2D eigenvalue weighted by Crippen LogP contribution is -2.36. The summed E-state index contributed by atoms with van der Waals surface area (Å²) in [6.07, 6.45) is 3.49. The highest BCUT2D eigenvalue weighted by molar-refractivity contribution is 5.95. The molecule has 0 saturated heterocycles. The molecular weight excluding hydrogens is 314 g/mol. The largest absolute Gasteiger partial charge is 0.391 e. The number of aliphatic hydroxyl groups excluding tert-OH is 1. The SMILES string of the molecule is CN(CC(O)C1CC1)C(=O)c1cn(-c2ccccc2)nc1C(C)(C)C. The Kier molecular flexibility index (Phi) is 4.69. The first-order valence-electron chi connectivity index (χ1n) is 8.86. The van der Waals surface area contributed by atoms with Crippen LogP contribution in [0.1, 0.15) is 49.7 Å².